The Morgan fingerprint density at radius 1 is 1.37 bits per heavy atom. The second-order valence-electron chi connectivity index (χ2n) is 5.75. The standard InChI is InChI=1S/C15H21BrN2O/c16-12-4-3-5-13(10-12)17-15(11-19)7-9-18-8-2-1-6-14(15)18/h3-5,10,14,17,19H,1-2,6-9,11H2. The Labute approximate surface area is 123 Å². The zero-order chi connectivity index (χ0) is 13.3. The predicted octanol–water partition coefficient (Wildman–Crippen LogP) is 2.85. The van der Waals surface area contributed by atoms with E-state index in [-0.39, 0.29) is 12.1 Å². The fourth-order valence-electron chi connectivity index (χ4n) is 3.62. The number of hydrogen-bond acceptors (Lipinski definition) is 3. The molecule has 2 saturated heterocycles. The van der Waals surface area contributed by atoms with E-state index in [1.807, 2.05) is 12.1 Å². The Hall–Kier alpha value is -0.580. The maximum absolute atomic E-state index is 9.99. The molecule has 2 heterocycles. The van der Waals surface area contributed by atoms with E-state index in [1.54, 1.807) is 0 Å². The van der Waals surface area contributed by atoms with Crippen molar-refractivity contribution in [2.45, 2.75) is 37.3 Å². The van der Waals surface area contributed by atoms with Crippen molar-refractivity contribution >= 4 is 21.6 Å². The van der Waals surface area contributed by atoms with Gasteiger partial charge in [-0.1, -0.05) is 28.4 Å². The van der Waals surface area contributed by atoms with Gasteiger partial charge < -0.3 is 10.4 Å². The molecule has 3 rings (SSSR count). The highest BCUT2D eigenvalue weighted by atomic mass is 79.9. The minimum Gasteiger partial charge on any atom is -0.394 e. The van der Waals surface area contributed by atoms with Crippen LogP contribution in [0.1, 0.15) is 25.7 Å². The fourth-order valence-corrected chi connectivity index (χ4v) is 4.02. The first-order chi connectivity index (χ1) is 9.23. The topological polar surface area (TPSA) is 35.5 Å². The van der Waals surface area contributed by atoms with Gasteiger partial charge in [0.25, 0.3) is 0 Å². The van der Waals surface area contributed by atoms with Crippen molar-refractivity contribution in [3.63, 3.8) is 0 Å². The Morgan fingerprint density at radius 3 is 3.05 bits per heavy atom. The van der Waals surface area contributed by atoms with Crippen LogP contribution in [-0.4, -0.2) is 41.3 Å². The molecule has 0 saturated carbocycles. The second kappa shape index (κ2) is 5.43. The SMILES string of the molecule is OCC1(Nc2cccc(Br)c2)CCN2CCCCC21. The number of rotatable bonds is 3. The van der Waals surface area contributed by atoms with Crippen LogP contribution in [0.5, 0.6) is 0 Å². The summed E-state index contributed by atoms with van der Waals surface area (Å²) in [6.45, 7) is 2.50. The Bertz CT molecular complexity index is 454. The first-order valence-electron chi connectivity index (χ1n) is 7.12. The van der Waals surface area contributed by atoms with Crippen LogP contribution in [0, 0.1) is 0 Å². The van der Waals surface area contributed by atoms with Gasteiger partial charge in [-0.25, -0.2) is 0 Å². The number of hydrogen-bond donors (Lipinski definition) is 2. The van der Waals surface area contributed by atoms with Crippen LogP contribution in [-0.2, 0) is 0 Å². The summed E-state index contributed by atoms with van der Waals surface area (Å²) < 4.78 is 1.07. The molecule has 2 aliphatic heterocycles. The average Bonchev–Trinajstić information content (AvgIpc) is 2.79. The van der Waals surface area contributed by atoms with Crippen LogP contribution < -0.4 is 5.32 Å². The minimum atomic E-state index is -0.165. The van der Waals surface area contributed by atoms with Gasteiger partial charge in [-0.15, -0.1) is 0 Å². The summed E-state index contributed by atoms with van der Waals surface area (Å²) in [5, 5.41) is 13.6. The van der Waals surface area contributed by atoms with Crippen molar-refractivity contribution in [3.8, 4) is 0 Å². The molecule has 0 aromatic heterocycles. The van der Waals surface area contributed by atoms with E-state index in [2.05, 4.69) is 38.3 Å². The summed E-state index contributed by atoms with van der Waals surface area (Å²) in [5.74, 6) is 0. The molecule has 0 spiro atoms. The predicted molar refractivity (Wildman–Crippen MR) is 81.4 cm³/mol. The van der Waals surface area contributed by atoms with Crippen LogP contribution >= 0.6 is 15.9 Å². The van der Waals surface area contributed by atoms with E-state index in [0.29, 0.717) is 6.04 Å². The summed E-state index contributed by atoms with van der Waals surface area (Å²) in [6, 6.07) is 8.70. The van der Waals surface area contributed by atoms with Gasteiger partial charge in [0.1, 0.15) is 0 Å². The third-order valence-corrected chi connectivity index (χ3v) is 5.09. The summed E-state index contributed by atoms with van der Waals surface area (Å²) in [5.41, 5.74) is 0.928. The monoisotopic (exact) mass is 324 g/mol. The van der Waals surface area contributed by atoms with E-state index < -0.39 is 0 Å². The fraction of sp³-hybridized carbons (Fsp3) is 0.600. The lowest BCUT2D eigenvalue weighted by Gasteiger charge is -2.41. The molecule has 2 unspecified atom stereocenters. The number of aliphatic hydroxyl groups is 1. The molecular formula is C15H21BrN2O. The lowest BCUT2D eigenvalue weighted by atomic mass is 9.86. The number of halogens is 1. The number of benzene rings is 1. The summed E-state index contributed by atoms with van der Waals surface area (Å²) in [7, 11) is 0. The van der Waals surface area contributed by atoms with Crippen LogP contribution in [0.15, 0.2) is 28.7 Å². The Kier molecular flexibility index (Phi) is 3.83. The first-order valence-corrected chi connectivity index (χ1v) is 7.91. The van der Waals surface area contributed by atoms with Gasteiger partial charge >= 0.3 is 0 Å². The number of fused-ring (bicyclic) bond motifs is 1. The number of nitrogens with zero attached hydrogens (tertiary/aromatic N) is 1. The zero-order valence-electron chi connectivity index (χ0n) is 11.1. The molecule has 0 aliphatic carbocycles. The molecule has 2 fully saturated rings. The van der Waals surface area contributed by atoms with Crippen LogP contribution in [0.25, 0.3) is 0 Å². The maximum atomic E-state index is 9.99. The zero-order valence-corrected chi connectivity index (χ0v) is 12.7. The van der Waals surface area contributed by atoms with E-state index in [1.165, 1.54) is 25.8 Å². The van der Waals surface area contributed by atoms with E-state index in [9.17, 15) is 5.11 Å². The van der Waals surface area contributed by atoms with Gasteiger partial charge in [-0.3, -0.25) is 4.90 Å². The van der Waals surface area contributed by atoms with E-state index in [4.69, 9.17) is 0 Å². The molecule has 1 aromatic rings. The molecule has 4 heteroatoms. The quantitative estimate of drug-likeness (QED) is 0.897. The van der Waals surface area contributed by atoms with Crippen LogP contribution in [0.2, 0.25) is 0 Å². The van der Waals surface area contributed by atoms with Crippen molar-refractivity contribution in [2.24, 2.45) is 0 Å². The average molecular weight is 325 g/mol. The smallest absolute Gasteiger partial charge is 0.0770 e. The molecule has 2 N–H and O–H groups in total. The lowest BCUT2D eigenvalue weighted by Crippen LogP contribution is -2.54. The number of anilines is 1. The largest absolute Gasteiger partial charge is 0.394 e. The van der Waals surface area contributed by atoms with Crippen LogP contribution in [0.3, 0.4) is 0 Å². The van der Waals surface area contributed by atoms with Crippen LogP contribution in [0.4, 0.5) is 5.69 Å². The summed E-state index contributed by atoms with van der Waals surface area (Å²) in [4.78, 5) is 2.55. The molecule has 0 radical (unpaired) electrons. The van der Waals surface area contributed by atoms with Gasteiger partial charge in [-0.2, -0.15) is 0 Å². The molecule has 0 bridgehead atoms. The lowest BCUT2D eigenvalue weighted by molar-refractivity contribution is 0.123. The molecular weight excluding hydrogens is 304 g/mol. The summed E-state index contributed by atoms with van der Waals surface area (Å²) >= 11 is 3.51. The first kappa shape index (κ1) is 13.4. The van der Waals surface area contributed by atoms with E-state index >= 15 is 0 Å². The highest BCUT2D eigenvalue weighted by molar-refractivity contribution is 9.10. The molecule has 3 nitrogen and oxygen atoms in total. The third kappa shape index (κ3) is 2.54. The van der Waals surface area contributed by atoms with Crippen molar-refractivity contribution in [1.82, 2.24) is 4.90 Å². The number of piperidine rings is 1. The minimum absolute atomic E-state index is 0.165. The summed E-state index contributed by atoms with van der Waals surface area (Å²) in [6.07, 6.45) is 4.81. The highest BCUT2D eigenvalue weighted by Gasteiger charge is 2.47. The van der Waals surface area contributed by atoms with Gasteiger partial charge in [0.15, 0.2) is 0 Å². The molecule has 19 heavy (non-hydrogen) atoms. The number of aliphatic hydroxyl groups excluding tert-OH is 1. The molecule has 104 valence electrons. The van der Waals surface area contributed by atoms with Gasteiger partial charge in [0.05, 0.1) is 12.1 Å². The Morgan fingerprint density at radius 2 is 2.26 bits per heavy atom. The van der Waals surface area contributed by atoms with Crippen molar-refractivity contribution in [2.75, 3.05) is 25.0 Å². The second-order valence-corrected chi connectivity index (χ2v) is 6.66. The van der Waals surface area contributed by atoms with Gasteiger partial charge in [-0.05, 0) is 44.0 Å². The molecule has 1 aromatic carbocycles. The number of nitrogens with one attached hydrogen (secondary N) is 1. The van der Waals surface area contributed by atoms with Crippen molar-refractivity contribution in [1.29, 1.82) is 0 Å². The normalized spacial score (nSPS) is 31.2. The van der Waals surface area contributed by atoms with Crippen molar-refractivity contribution < 1.29 is 5.11 Å². The molecule has 2 atom stereocenters. The maximum Gasteiger partial charge on any atom is 0.0770 e. The van der Waals surface area contributed by atoms with Gasteiger partial charge in [0.2, 0.25) is 0 Å². The highest BCUT2D eigenvalue weighted by Crippen LogP contribution is 2.37. The Balaban J connectivity index is 1.83. The van der Waals surface area contributed by atoms with E-state index in [0.717, 1.165) is 23.1 Å². The van der Waals surface area contributed by atoms with Crippen molar-refractivity contribution in [3.05, 3.63) is 28.7 Å². The molecule has 2 aliphatic rings. The molecule has 0 amide bonds. The third-order valence-electron chi connectivity index (χ3n) is 4.60. The van der Waals surface area contributed by atoms with Gasteiger partial charge in [0, 0.05) is 22.7 Å².